The minimum absolute atomic E-state index is 0.0221. The molecule has 1 unspecified atom stereocenters. The lowest BCUT2D eigenvalue weighted by Gasteiger charge is -2.39. The number of carbonyl (C=O) groups excluding carboxylic acids is 1. The number of allylic oxidation sites excluding steroid dienone is 1. The highest BCUT2D eigenvalue weighted by Gasteiger charge is 2.42. The number of piperidine rings is 1. The molecule has 1 atom stereocenters. The topological polar surface area (TPSA) is 76.5 Å². The summed E-state index contributed by atoms with van der Waals surface area (Å²) in [6, 6.07) is 2.81. The van der Waals surface area contributed by atoms with Crippen LogP contribution in [0.2, 0.25) is 0 Å². The van der Waals surface area contributed by atoms with Crippen LogP contribution in [0.3, 0.4) is 0 Å². The second-order valence-corrected chi connectivity index (χ2v) is 7.93. The van der Waals surface area contributed by atoms with Gasteiger partial charge >= 0.3 is 0 Å². The van der Waals surface area contributed by atoms with Gasteiger partial charge in [-0.05, 0) is 45.6 Å². The third-order valence-electron chi connectivity index (χ3n) is 5.55. The third kappa shape index (κ3) is 5.05. The molecule has 2 aliphatic rings. The maximum Gasteiger partial charge on any atom is 0.271 e. The molecule has 27 heavy (non-hydrogen) atoms. The lowest BCUT2D eigenvalue weighted by atomic mass is 9.88. The molecular weight excluding hydrogens is 344 g/mol. The molecule has 1 aromatic rings. The summed E-state index contributed by atoms with van der Waals surface area (Å²) in [5, 5.41) is 6.87. The lowest BCUT2D eigenvalue weighted by Crippen LogP contribution is -2.45. The second kappa shape index (κ2) is 8.35. The number of nitrogens with zero attached hydrogens (tertiary/aromatic N) is 3. The van der Waals surface area contributed by atoms with Gasteiger partial charge in [-0.2, -0.15) is 5.10 Å². The van der Waals surface area contributed by atoms with Crippen LogP contribution < -0.4 is 10.9 Å². The predicted octanol–water partition coefficient (Wildman–Crippen LogP) is 1.49. The molecule has 2 fully saturated rings. The average Bonchev–Trinajstić information content (AvgIpc) is 3.04. The van der Waals surface area contributed by atoms with E-state index < -0.39 is 0 Å². The molecule has 1 spiro atoms. The van der Waals surface area contributed by atoms with Crippen LogP contribution in [0.15, 0.2) is 28.6 Å². The lowest BCUT2D eigenvalue weighted by molar-refractivity contribution is -0.0741. The van der Waals surface area contributed by atoms with Gasteiger partial charge < -0.3 is 10.1 Å². The molecule has 7 nitrogen and oxygen atoms in total. The maximum atomic E-state index is 12.2. The summed E-state index contributed by atoms with van der Waals surface area (Å²) in [6.45, 7) is 7.89. The quantitative estimate of drug-likeness (QED) is 0.791. The Labute approximate surface area is 160 Å². The van der Waals surface area contributed by atoms with Crippen LogP contribution in [0.5, 0.6) is 0 Å². The highest BCUT2D eigenvalue weighted by molar-refractivity contribution is 5.91. The van der Waals surface area contributed by atoms with E-state index in [1.54, 1.807) is 0 Å². The highest BCUT2D eigenvalue weighted by Crippen LogP contribution is 2.38. The zero-order valence-electron chi connectivity index (χ0n) is 16.5. The fourth-order valence-electron chi connectivity index (χ4n) is 3.78. The van der Waals surface area contributed by atoms with Gasteiger partial charge in [-0.25, -0.2) is 4.68 Å². The van der Waals surface area contributed by atoms with Crippen LogP contribution in [0.25, 0.3) is 0 Å². The third-order valence-corrected chi connectivity index (χ3v) is 5.55. The minimum Gasteiger partial charge on any atom is -0.370 e. The van der Waals surface area contributed by atoms with E-state index in [9.17, 15) is 9.59 Å². The van der Waals surface area contributed by atoms with Crippen molar-refractivity contribution in [3.8, 4) is 0 Å². The second-order valence-electron chi connectivity index (χ2n) is 7.93. The maximum absolute atomic E-state index is 12.2. The molecule has 148 valence electrons. The van der Waals surface area contributed by atoms with Gasteiger partial charge in [-0.3, -0.25) is 14.5 Å². The summed E-state index contributed by atoms with van der Waals surface area (Å²) in [7, 11) is 1.53. The number of aryl methyl sites for hydroxylation is 1. The largest absolute Gasteiger partial charge is 0.370 e. The van der Waals surface area contributed by atoms with Crippen molar-refractivity contribution in [1.29, 1.82) is 0 Å². The first-order valence-electron chi connectivity index (χ1n) is 9.73. The van der Waals surface area contributed by atoms with E-state index in [4.69, 9.17) is 4.74 Å². The molecule has 7 heteroatoms. The van der Waals surface area contributed by atoms with Gasteiger partial charge in [0.2, 0.25) is 0 Å². The van der Waals surface area contributed by atoms with Crippen molar-refractivity contribution < 1.29 is 9.53 Å². The summed E-state index contributed by atoms with van der Waals surface area (Å²) < 4.78 is 7.53. The number of hydrogen-bond donors (Lipinski definition) is 1. The first-order chi connectivity index (χ1) is 12.9. The van der Waals surface area contributed by atoms with Crippen molar-refractivity contribution in [3.63, 3.8) is 0 Å². The van der Waals surface area contributed by atoms with E-state index in [0.29, 0.717) is 6.54 Å². The van der Waals surface area contributed by atoms with Crippen LogP contribution in [0.4, 0.5) is 0 Å². The Morgan fingerprint density at radius 3 is 2.74 bits per heavy atom. The monoisotopic (exact) mass is 374 g/mol. The van der Waals surface area contributed by atoms with Gasteiger partial charge in [0.25, 0.3) is 11.5 Å². The van der Waals surface area contributed by atoms with Crippen molar-refractivity contribution in [2.45, 2.75) is 51.2 Å². The van der Waals surface area contributed by atoms with Crippen molar-refractivity contribution in [2.24, 2.45) is 7.05 Å². The number of hydrogen-bond acceptors (Lipinski definition) is 5. The van der Waals surface area contributed by atoms with Crippen molar-refractivity contribution in [2.75, 3.05) is 26.2 Å². The number of aromatic nitrogens is 2. The Bertz CT molecular complexity index is 759. The molecule has 3 rings (SSSR count). The number of ether oxygens (including phenoxy) is 1. The summed E-state index contributed by atoms with van der Waals surface area (Å²) >= 11 is 0. The van der Waals surface area contributed by atoms with E-state index in [2.05, 4.69) is 35.2 Å². The minimum atomic E-state index is -0.272. The summed E-state index contributed by atoms with van der Waals surface area (Å²) in [5.41, 5.74) is 1.35. The molecule has 0 aliphatic carbocycles. The first-order valence-corrected chi connectivity index (χ1v) is 9.73. The standard InChI is InChI=1S/C20H30N4O3/c1-15(2)7-11-24-12-9-20(10-13-24)8-6-16(27-20)14-21-19(26)17-4-5-18(25)23(3)22-17/h4-5,7,16H,6,8-14H2,1-3H3,(H,21,26). The molecule has 0 radical (unpaired) electrons. The fourth-order valence-corrected chi connectivity index (χ4v) is 3.78. The van der Waals surface area contributed by atoms with Crippen LogP contribution >= 0.6 is 0 Å². The highest BCUT2D eigenvalue weighted by atomic mass is 16.5. The van der Waals surface area contributed by atoms with E-state index in [0.717, 1.165) is 45.3 Å². The smallest absolute Gasteiger partial charge is 0.271 e. The van der Waals surface area contributed by atoms with E-state index >= 15 is 0 Å². The zero-order chi connectivity index (χ0) is 19.4. The van der Waals surface area contributed by atoms with Crippen molar-refractivity contribution in [3.05, 3.63) is 39.8 Å². The van der Waals surface area contributed by atoms with Gasteiger partial charge in [-0.15, -0.1) is 0 Å². The molecule has 1 aromatic heterocycles. The fraction of sp³-hybridized carbons (Fsp3) is 0.650. The molecular formula is C20H30N4O3. The summed E-state index contributed by atoms with van der Waals surface area (Å²) in [5.74, 6) is -0.272. The molecule has 0 bridgehead atoms. The molecule has 1 N–H and O–H groups in total. The number of rotatable bonds is 5. The Morgan fingerprint density at radius 1 is 1.33 bits per heavy atom. The number of amides is 1. The SMILES string of the molecule is CC(C)=CCN1CCC2(CCC(CNC(=O)c3ccc(=O)n(C)n3)O2)CC1. The summed E-state index contributed by atoms with van der Waals surface area (Å²) in [6.07, 6.45) is 6.45. The van der Waals surface area contributed by atoms with E-state index in [1.165, 1.54) is 29.4 Å². The van der Waals surface area contributed by atoms with Crippen LogP contribution in [0, 0.1) is 0 Å². The summed E-state index contributed by atoms with van der Waals surface area (Å²) in [4.78, 5) is 26.1. The zero-order valence-corrected chi connectivity index (χ0v) is 16.5. The molecule has 0 saturated carbocycles. The Balaban J connectivity index is 1.46. The average molecular weight is 374 g/mol. The number of nitrogens with one attached hydrogen (secondary N) is 1. The predicted molar refractivity (Wildman–Crippen MR) is 104 cm³/mol. The van der Waals surface area contributed by atoms with Crippen LogP contribution in [-0.2, 0) is 11.8 Å². The molecule has 2 saturated heterocycles. The van der Waals surface area contributed by atoms with Gasteiger partial charge in [0, 0.05) is 39.3 Å². The molecule has 0 aromatic carbocycles. The van der Waals surface area contributed by atoms with Crippen LogP contribution in [0.1, 0.15) is 50.0 Å². The molecule has 2 aliphatic heterocycles. The van der Waals surface area contributed by atoms with E-state index in [1.807, 2.05) is 0 Å². The normalized spacial score (nSPS) is 22.0. The Morgan fingerprint density at radius 2 is 2.07 bits per heavy atom. The first kappa shape index (κ1) is 19.8. The van der Waals surface area contributed by atoms with Gasteiger partial charge in [0.15, 0.2) is 0 Å². The number of likely N-dealkylation sites (tertiary alicyclic amines) is 1. The number of carbonyl (C=O) groups is 1. The van der Waals surface area contributed by atoms with Gasteiger partial charge in [0.05, 0.1) is 11.7 Å². The van der Waals surface area contributed by atoms with Crippen molar-refractivity contribution >= 4 is 5.91 Å². The Kier molecular flexibility index (Phi) is 6.11. The molecule has 3 heterocycles. The van der Waals surface area contributed by atoms with Crippen molar-refractivity contribution in [1.82, 2.24) is 20.0 Å². The van der Waals surface area contributed by atoms with E-state index in [-0.39, 0.29) is 28.9 Å². The van der Waals surface area contributed by atoms with Crippen LogP contribution in [-0.4, -0.2) is 58.5 Å². The Hall–Kier alpha value is -1.99. The van der Waals surface area contributed by atoms with Gasteiger partial charge in [-0.1, -0.05) is 11.6 Å². The molecule has 1 amide bonds. The van der Waals surface area contributed by atoms with Gasteiger partial charge in [0.1, 0.15) is 5.69 Å².